The van der Waals surface area contributed by atoms with Gasteiger partial charge in [-0.25, -0.2) is 4.98 Å². The van der Waals surface area contributed by atoms with E-state index in [2.05, 4.69) is 15.6 Å². The molecule has 0 radical (unpaired) electrons. The monoisotopic (exact) mass is 345 g/mol. The zero-order valence-corrected chi connectivity index (χ0v) is 14.4. The van der Waals surface area contributed by atoms with E-state index in [-0.39, 0.29) is 18.4 Å². The maximum atomic E-state index is 12.2. The lowest BCUT2D eigenvalue weighted by Gasteiger charge is -2.09. The van der Waals surface area contributed by atoms with Gasteiger partial charge >= 0.3 is 0 Å². The number of hydrogen-bond donors (Lipinski definition) is 2. The van der Waals surface area contributed by atoms with E-state index in [1.54, 1.807) is 55.3 Å². The lowest BCUT2D eigenvalue weighted by molar-refractivity contribution is -0.122. The number of rotatable bonds is 7. The summed E-state index contributed by atoms with van der Waals surface area (Å²) in [6, 6.07) is 10.4. The molecule has 2 rings (SSSR count). The van der Waals surface area contributed by atoms with Crippen molar-refractivity contribution in [2.75, 3.05) is 24.7 Å². The van der Waals surface area contributed by atoms with E-state index in [9.17, 15) is 9.59 Å². The molecule has 0 saturated heterocycles. The Kier molecular flexibility index (Phi) is 6.62. The lowest BCUT2D eigenvalue weighted by Crippen LogP contribution is -2.24. The number of amides is 2. The third-order valence-electron chi connectivity index (χ3n) is 3.03. The van der Waals surface area contributed by atoms with Crippen molar-refractivity contribution in [3.63, 3.8) is 0 Å². The van der Waals surface area contributed by atoms with Crippen LogP contribution in [0.5, 0.6) is 5.75 Å². The molecule has 7 heteroatoms. The number of carbonyl (C=O) groups is 2. The van der Waals surface area contributed by atoms with Gasteiger partial charge in [-0.2, -0.15) is 0 Å². The van der Waals surface area contributed by atoms with Crippen LogP contribution in [0.3, 0.4) is 0 Å². The largest absolute Gasteiger partial charge is 0.484 e. The highest BCUT2D eigenvalue weighted by molar-refractivity contribution is 7.99. The molecule has 0 saturated carbocycles. The molecule has 126 valence electrons. The summed E-state index contributed by atoms with van der Waals surface area (Å²) in [4.78, 5) is 27.7. The summed E-state index contributed by atoms with van der Waals surface area (Å²) in [5, 5.41) is 6.15. The van der Waals surface area contributed by atoms with Crippen LogP contribution < -0.4 is 15.4 Å². The third-order valence-corrected chi connectivity index (χ3v) is 3.86. The molecule has 0 bridgehead atoms. The smallest absolute Gasteiger partial charge is 0.257 e. The van der Waals surface area contributed by atoms with E-state index < -0.39 is 0 Å². The first kappa shape index (κ1) is 17.8. The highest BCUT2D eigenvalue weighted by Crippen LogP contribution is 2.19. The molecule has 2 amide bonds. The SMILES string of the molecule is CCSc1ccc(C(=O)Nc2cccc(OCC(=O)NC)c2)cn1. The van der Waals surface area contributed by atoms with Crippen molar-refractivity contribution in [3.05, 3.63) is 48.2 Å². The van der Waals surface area contributed by atoms with Crippen molar-refractivity contribution in [2.45, 2.75) is 11.9 Å². The minimum Gasteiger partial charge on any atom is -0.484 e. The second-order valence-electron chi connectivity index (χ2n) is 4.76. The molecule has 1 heterocycles. The van der Waals surface area contributed by atoms with E-state index in [0.717, 1.165) is 10.8 Å². The summed E-state index contributed by atoms with van der Waals surface area (Å²) >= 11 is 1.62. The van der Waals surface area contributed by atoms with Crippen molar-refractivity contribution in [1.82, 2.24) is 10.3 Å². The van der Waals surface area contributed by atoms with Crippen molar-refractivity contribution < 1.29 is 14.3 Å². The zero-order valence-electron chi connectivity index (χ0n) is 13.5. The Balaban J connectivity index is 1.99. The molecule has 6 nitrogen and oxygen atoms in total. The van der Waals surface area contributed by atoms with Gasteiger partial charge < -0.3 is 15.4 Å². The van der Waals surface area contributed by atoms with Crippen LogP contribution in [0.4, 0.5) is 5.69 Å². The van der Waals surface area contributed by atoms with Gasteiger partial charge in [-0.05, 0) is 30.0 Å². The van der Waals surface area contributed by atoms with Gasteiger partial charge in [0.25, 0.3) is 11.8 Å². The number of aromatic nitrogens is 1. The molecule has 0 atom stereocenters. The molecule has 0 aliphatic carbocycles. The first-order valence-electron chi connectivity index (χ1n) is 7.46. The van der Waals surface area contributed by atoms with Crippen molar-refractivity contribution in [3.8, 4) is 5.75 Å². The van der Waals surface area contributed by atoms with Gasteiger partial charge in [-0.15, -0.1) is 11.8 Å². The second kappa shape index (κ2) is 8.93. The number of anilines is 1. The highest BCUT2D eigenvalue weighted by atomic mass is 32.2. The standard InChI is InChI=1S/C17H19N3O3S/c1-3-24-16-8-7-12(10-19-16)17(22)20-13-5-4-6-14(9-13)23-11-15(21)18-2/h4-10H,3,11H2,1-2H3,(H,18,21)(H,20,22). The van der Waals surface area contributed by atoms with Crippen molar-refractivity contribution in [1.29, 1.82) is 0 Å². The Morgan fingerprint density at radius 1 is 1.25 bits per heavy atom. The van der Waals surface area contributed by atoms with E-state index in [4.69, 9.17) is 4.74 Å². The maximum Gasteiger partial charge on any atom is 0.257 e. The van der Waals surface area contributed by atoms with Gasteiger partial charge in [-0.1, -0.05) is 13.0 Å². The molecule has 2 N–H and O–H groups in total. The average molecular weight is 345 g/mol. The predicted octanol–water partition coefficient (Wildman–Crippen LogP) is 2.57. The first-order chi connectivity index (χ1) is 11.6. The molecule has 0 aliphatic heterocycles. The van der Waals surface area contributed by atoms with Gasteiger partial charge in [0.05, 0.1) is 10.6 Å². The number of likely N-dealkylation sites (N-methyl/N-ethyl adjacent to an activating group) is 1. The number of nitrogens with zero attached hydrogens (tertiary/aromatic N) is 1. The van der Waals surface area contributed by atoms with E-state index in [1.807, 2.05) is 13.0 Å². The Bertz CT molecular complexity index is 704. The fourth-order valence-corrected chi connectivity index (χ4v) is 2.42. The van der Waals surface area contributed by atoms with Gasteiger partial charge in [0.15, 0.2) is 6.61 Å². The molecule has 0 unspecified atom stereocenters. The molecular weight excluding hydrogens is 326 g/mol. The Morgan fingerprint density at radius 3 is 2.75 bits per heavy atom. The molecule has 2 aromatic rings. The number of nitrogens with one attached hydrogen (secondary N) is 2. The Morgan fingerprint density at radius 2 is 2.08 bits per heavy atom. The second-order valence-corrected chi connectivity index (χ2v) is 6.05. The molecular formula is C17H19N3O3S. The van der Waals surface area contributed by atoms with Crippen LogP contribution >= 0.6 is 11.8 Å². The number of carbonyl (C=O) groups excluding carboxylic acids is 2. The molecule has 0 aliphatic rings. The van der Waals surface area contributed by atoms with Crippen LogP contribution in [0.2, 0.25) is 0 Å². The summed E-state index contributed by atoms with van der Waals surface area (Å²) in [5.41, 5.74) is 1.06. The minimum atomic E-state index is -0.251. The van der Waals surface area contributed by atoms with Crippen LogP contribution in [0.25, 0.3) is 0 Å². The summed E-state index contributed by atoms with van der Waals surface area (Å²) in [6.45, 7) is 1.97. The predicted molar refractivity (Wildman–Crippen MR) is 94.6 cm³/mol. The highest BCUT2D eigenvalue weighted by Gasteiger charge is 2.08. The minimum absolute atomic E-state index is 0.0750. The van der Waals surface area contributed by atoms with Crippen molar-refractivity contribution in [2.24, 2.45) is 0 Å². The quantitative estimate of drug-likeness (QED) is 0.754. The van der Waals surface area contributed by atoms with Crippen LogP contribution in [-0.4, -0.2) is 36.2 Å². The Hall–Kier alpha value is -2.54. The summed E-state index contributed by atoms with van der Waals surface area (Å²) in [5.74, 6) is 0.963. The van der Waals surface area contributed by atoms with E-state index >= 15 is 0 Å². The van der Waals surface area contributed by atoms with Crippen LogP contribution in [0.15, 0.2) is 47.6 Å². The fourth-order valence-electron chi connectivity index (χ4n) is 1.84. The van der Waals surface area contributed by atoms with Gasteiger partial charge in [0.1, 0.15) is 5.75 Å². The number of benzene rings is 1. The molecule has 1 aromatic heterocycles. The molecule has 24 heavy (non-hydrogen) atoms. The number of ether oxygens (including phenoxy) is 1. The third kappa shape index (κ3) is 5.27. The van der Waals surface area contributed by atoms with Gasteiger partial charge in [-0.3, -0.25) is 9.59 Å². The molecule has 0 fully saturated rings. The first-order valence-corrected chi connectivity index (χ1v) is 8.44. The molecule has 0 spiro atoms. The van der Waals surface area contributed by atoms with Crippen LogP contribution in [0.1, 0.15) is 17.3 Å². The van der Waals surface area contributed by atoms with Crippen LogP contribution in [-0.2, 0) is 4.79 Å². The lowest BCUT2D eigenvalue weighted by atomic mass is 10.2. The van der Waals surface area contributed by atoms with E-state index in [0.29, 0.717) is 17.0 Å². The number of thioether (sulfide) groups is 1. The Labute approximate surface area is 145 Å². The maximum absolute atomic E-state index is 12.2. The molecule has 1 aromatic carbocycles. The van der Waals surface area contributed by atoms with E-state index in [1.165, 1.54) is 0 Å². The normalized spacial score (nSPS) is 10.1. The topological polar surface area (TPSA) is 80.3 Å². The van der Waals surface area contributed by atoms with Crippen LogP contribution in [0, 0.1) is 0 Å². The van der Waals surface area contributed by atoms with Gasteiger partial charge in [0.2, 0.25) is 0 Å². The summed E-state index contributed by atoms with van der Waals surface area (Å²) in [6.07, 6.45) is 1.55. The van der Waals surface area contributed by atoms with Gasteiger partial charge in [0, 0.05) is 25.0 Å². The van der Waals surface area contributed by atoms with Crippen molar-refractivity contribution >= 4 is 29.3 Å². The summed E-state index contributed by atoms with van der Waals surface area (Å²) < 4.78 is 5.35. The number of hydrogen-bond acceptors (Lipinski definition) is 5. The number of pyridine rings is 1. The zero-order chi connectivity index (χ0) is 17.4. The average Bonchev–Trinajstić information content (AvgIpc) is 2.61. The fraction of sp³-hybridized carbons (Fsp3) is 0.235. The summed E-state index contributed by atoms with van der Waals surface area (Å²) in [7, 11) is 1.54.